The Kier molecular flexibility index (Phi) is 4.05. The van der Waals surface area contributed by atoms with E-state index in [0.717, 1.165) is 8.95 Å². The first-order valence-corrected chi connectivity index (χ1v) is 11.6. The zero-order chi connectivity index (χ0) is 19.5. The summed E-state index contributed by atoms with van der Waals surface area (Å²) in [5.74, 6) is 0. The van der Waals surface area contributed by atoms with Gasteiger partial charge in [-0.1, -0.05) is 55.8 Å². The summed E-state index contributed by atoms with van der Waals surface area (Å²) in [5.41, 5.74) is 5.06. The van der Waals surface area contributed by atoms with E-state index in [1.165, 1.54) is 53.6 Å². The van der Waals surface area contributed by atoms with Crippen molar-refractivity contribution in [1.29, 1.82) is 0 Å². The van der Waals surface area contributed by atoms with Crippen molar-refractivity contribution in [1.82, 2.24) is 9.97 Å². The maximum atomic E-state index is 3.59. The van der Waals surface area contributed by atoms with E-state index in [1.807, 2.05) is 0 Å². The van der Waals surface area contributed by atoms with Gasteiger partial charge in [0.05, 0.1) is 0 Å². The fraction of sp³-hybridized carbons (Fsp3) is 0. The van der Waals surface area contributed by atoms with Gasteiger partial charge < -0.3 is 9.97 Å². The first-order chi connectivity index (χ1) is 14.2. The van der Waals surface area contributed by atoms with Crippen molar-refractivity contribution < 1.29 is 0 Å². The quantitative estimate of drug-likeness (QED) is 0.235. The highest BCUT2D eigenvalue weighted by molar-refractivity contribution is 9.10. The van der Waals surface area contributed by atoms with Gasteiger partial charge in [0.2, 0.25) is 0 Å². The SMILES string of the molecule is Brc1ccc2c3c[nH]cc(Sc4c[nH]cc5c6ccc(Br)cc6cc4-5)c-3cc2c1. The molecule has 29 heavy (non-hydrogen) atoms. The molecule has 5 heteroatoms. The van der Waals surface area contributed by atoms with Gasteiger partial charge in [0.1, 0.15) is 0 Å². The standard InChI is InChI=1S/C24H14Br2N2S/c25-15-1-3-17-13(5-15)7-19-21(17)9-27-11-23(19)29-24-12-28-10-22-18-4-2-16(26)6-14(18)8-20(22)24/h1-12,27-28H. The van der Waals surface area contributed by atoms with E-state index in [0.29, 0.717) is 0 Å². The first-order valence-electron chi connectivity index (χ1n) is 9.23. The fourth-order valence-corrected chi connectivity index (χ4v) is 5.92. The summed E-state index contributed by atoms with van der Waals surface area (Å²) >= 11 is 8.98. The van der Waals surface area contributed by atoms with E-state index in [4.69, 9.17) is 0 Å². The van der Waals surface area contributed by atoms with Crippen molar-refractivity contribution in [3.8, 4) is 22.3 Å². The number of H-pyrrole nitrogens is 2. The predicted octanol–water partition coefficient (Wildman–Crippen LogP) is 8.54. The average Bonchev–Trinajstić information content (AvgIpc) is 3.26. The maximum absolute atomic E-state index is 3.59. The van der Waals surface area contributed by atoms with Crippen molar-refractivity contribution >= 4 is 65.2 Å². The first kappa shape index (κ1) is 17.6. The highest BCUT2D eigenvalue weighted by Gasteiger charge is 2.19. The van der Waals surface area contributed by atoms with E-state index in [9.17, 15) is 0 Å². The molecule has 2 aromatic rings. The number of hydrogen-bond donors (Lipinski definition) is 2. The summed E-state index contributed by atoms with van der Waals surface area (Å²) in [6, 6.07) is 17.5. The number of aromatic amines is 2. The summed E-state index contributed by atoms with van der Waals surface area (Å²) in [7, 11) is 0. The van der Waals surface area contributed by atoms with Crippen LogP contribution in [0.4, 0.5) is 0 Å². The molecule has 0 atom stereocenters. The van der Waals surface area contributed by atoms with Crippen LogP contribution in [-0.4, -0.2) is 9.97 Å². The number of rotatable bonds is 2. The van der Waals surface area contributed by atoms with Crippen molar-refractivity contribution in [3.05, 3.63) is 82.3 Å². The Hall–Kier alpha value is -2.21. The molecule has 0 bridgehead atoms. The van der Waals surface area contributed by atoms with E-state index in [-0.39, 0.29) is 0 Å². The smallest absolute Gasteiger partial charge is 0.0362 e. The molecule has 0 unspecified atom stereocenters. The number of nitrogens with one attached hydrogen (secondary N) is 2. The minimum absolute atomic E-state index is 1.10. The Morgan fingerprint density at radius 2 is 1.03 bits per heavy atom. The number of halogens is 2. The minimum atomic E-state index is 1.10. The van der Waals surface area contributed by atoms with Gasteiger partial charge in [-0.2, -0.15) is 0 Å². The molecule has 0 saturated heterocycles. The van der Waals surface area contributed by atoms with Gasteiger partial charge in [-0.05, 0) is 69.1 Å². The molecule has 2 aliphatic carbocycles. The predicted molar refractivity (Wildman–Crippen MR) is 129 cm³/mol. The molecule has 0 spiro atoms. The van der Waals surface area contributed by atoms with E-state index in [2.05, 4.69) is 115 Å². The van der Waals surface area contributed by atoms with E-state index < -0.39 is 0 Å². The van der Waals surface area contributed by atoms with Gasteiger partial charge in [0.25, 0.3) is 0 Å². The molecule has 6 rings (SSSR count). The molecule has 140 valence electrons. The van der Waals surface area contributed by atoms with Crippen LogP contribution in [0.15, 0.2) is 92.1 Å². The van der Waals surface area contributed by atoms with Gasteiger partial charge in [-0.3, -0.25) is 0 Å². The summed E-state index contributed by atoms with van der Waals surface area (Å²) < 4.78 is 2.21. The van der Waals surface area contributed by atoms with Crippen LogP contribution in [0.1, 0.15) is 0 Å². The van der Waals surface area contributed by atoms with Gasteiger partial charge >= 0.3 is 0 Å². The van der Waals surface area contributed by atoms with Crippen molar-refractivity contribution in [3.63, 3.8) is 0 Å². The highest BCUT2D eigenvalue weighted by Crippen LogP contribution is 2.46. The summed E-state index contributed by atoms with van der Waals surface area (Å²) in [6.45, 7) is 0. The van der Waals surface area contributed by atoms with Gasteiger partial charge in [0, 0.05) is 54.7 Å². The third-order valence-electron chi connectivity index (χ3n) is 5.42. The average molecular weight is 522 g/mol. The molecular formula is C24H14Br2N2S. The number of benzene rings is 2. The molecule has 0 aromatic heterocycles. The molecule has 4 aliphatic rings. The molecule has 2 nitrogen and oxygen atoms in total. The monoisotopic (exact) mass is 520 g/mol. The lowest BCUT2D eigenvalue weighted by molar-refractivity contribution is 1.22. The van der Waals surface area contributed by atoms with Crippen molar-refractivity contribution in [2.75, 3.05) is 0 Å². The van der Waals surface area contributed by atoms with Crippen LogP contribution in [0, 0.1) is 0 Å². The van der Waals surface area contributed by atoms with Crippen LogP contribution in [0.5, 0.6) is 0 Å². The lowest BCUT2D eigenvalue weighted by Gasteiger charge is -2.11. The van der Waals surface area contributed by atoms with Crippen LogP contribution >= 0.6 is 43.6 Å². The van der Waals surface area contributed by atoms with E-state index >= 15 is 0 Å². The Balaban J connectivity index is 1.50. The number of hydrogen-bond acceptors (Lipinski definition) is 1. The minimum Gasteiger partial charge on any atom is -0.366 e. The third-order valence-corrected chi connectivity index (χ3v) is 7.52. The van der Waals surface area contributed by atoms with Crippen molar-refractivity contribution in [2.45, 2.75) is 9.79 Å². The Bertz CT molecular complexity index is 1350. The van der Waals surface area contributed by atoms with Gasteiger partial charge in [-0.25, -0.2) is 0 Å². The Morgan fingerprint density at radius 1 is 0.552 bits per heavy atom. The second-order valence-corrected chi connectivity index (χ2v) is 10.1. The molecule has 0 saturated carbocycles. The van der Waals surface area contributed by atoms with Crippen LogP contribution in [-0.2, 0) is 0 Å². The lowest BCUT2D eigenvalue weighted by Crippen LogP contribution is -1.87. The molecule has 2 heterocycles. The van der Waals surface area contributed by atoms with E-state index in [1.54, 1.807) is 11.8 Å². The van der Waals surface area contributed by atoms with Gasteiger partial charge in [-0.15, -0.1) is 0 Å². The number of pyridine rings is 2. The summed E-state index contributed by atoms with van der Waals surface area (Å²) in [5, 5.41) is 5.06. The normalized spacial score (nSPS) is 11.9. The maximum Gasteiger partial charge on any atom is 0.0362 e. The van der Waals surface area contributed by atoms with Crippen LogP contribution < -0.4 is 0 Å². The molecule has 0 amide bonds. The number of aromatic nitrogens is 2. The molecule has 0 fully saturated rings. The lowest BCUT2D eigenvalue weighted by atomic mass is 10.1. The largest absolute Gasteiger partial charge is 0.366 e. The molecular weight excluding hydrogens is 508 g/mol. The molecule has 2 N–H and O–H groups in total. The highest BCUT2D eigenvalue weighted by atomic mass is 79.9. The van der Waals surface area contributed by atoms with Gasteiger partial charge in [0.15, 0.2) is 0 Å². The molecule has 2 aromatic carbocycles. The summed E-state index contributed by atoms with van der Waals surface area (Å²) in [4.78, 5) is 9.15. The topological polar surface area (TPSA) is 31.6 Å². The zero-order valence-corrected chi connectivity index (χ0v) is 19.1. The molecule has 2 aliphatic heterocycles. The van der Waals surface area contributed by atoms with Crippen LogP contribution in [0.2, 0.25) is 0 Å². The van der Waals surface area contributed by atoms with Crippen LogP contribution in [0.3, 0.4) is 0 Å². The second-order valence-electron chi connectivity index (χ2n) is 7.15. The van der Waals surface area contributed by atoms with Crippen molar-refractivity contribution in [2.24, 2.45) is 0 Å². The van der Waals surface area contributed by atoms with Crippen LogP contribution in [0.25, 0.3) is 43.8 Å². The number of fused-ring (bicyclic) bond motifs is 6. The fourth-order valence-electron chi connectivity index (χ4n) is 4.12. The summed E-state index contributed by atoms with van der Waals surface area (Å²) in [6.07, 6.45) is 8.38. The Morgan fingerprint density at radius 3 is 1.52 bits per heavy atom. The Labute approximate surface area is 188 Å². The molecule has 0 radical (unpaired) electrons. The third kappa shape index (κ3) is 2.83. The zero-order valence-electron chi connectivity index (χ0n) is 15.1. The second kappa shape index (κ2) is 6.66.